The Morgan fingerprint density at radius 1 is 1.40 bits per heavy atom. The first-order valence-electron chi connectivity index (χ1n) is 4.74. The molecule has 1 N–H and O–H groups in total. The molecule has 5 heteroatoms. The molecule has 0 aromatic heterocycles. The third kappa shape index (κ3) is 1.74. The van der Waals surface area contributed by atoms with E-state index in [0.717, 1.165) is 12.0 Å². The summed E-state index contributed by atoms with van der Waals surface area (Å²) in [6.45, 7) is 3.67. The standard InChI is InChI=1S/C10H12N2O2S/c1-3-8-4-5-10-9(6-8)11-7(2)12-15(10,13)14/h4-6H,3H2,1-2H3,(H,11,12). The Hall–Kier alpha value is -1.36. The summed E-state index contributed by atoms with van der Waals surface area (Å²) in [5.41, 5.74) is 1.73. The summed E-state index contributed by atoms with van der Waals surface area (Å²) in [5, 5.41) is 2.96. The average molecular weight is 224 g/mol. The number of aryl methyl sites for hydroxylation is 1. The molecule has 80 valence electrons. The first-order chi connectivity index (χ1) is 7.03. The quantitative estimate of drug-likeness (QED) is 0.791. The molecule has 4 nitrogen and oxygen atoms in total. The van der Waals surface area contributed by atoms with E-state index in [-0.39, 0.29) is 4.90 Å². The molecule has 0 unspecified atom stereocenters. The molecule has 0 radical (unpaired) electrons. The van der Waals surface area contributed by atoms with Gasteiger partial charge in [-0.15, -0.1) is 4.40 Å². The van der Waals surface area contributed by atoms with Crippen molar-refractivity contribution in [2.24, 2.45) is 4.40 Å². The Balaban J connectivity index is 2.63. The molecular weight excluding hydrogens is 212 g/mol. The molecule has 0 fully saturated rings. The molecule has 1 aliphatic heterocycles. The Bertz CT molecular complexity index is 532. The third-order valence-electron chi connectivity index (χ3n) is 2.30. The molecular formula is C10H12N2O2S. The van der Waals surface area contributed by atoms with Gasteiger partial charge in [-0.05, 0) is 31.0 Å². The van der Waals surface area contributed by atoms with Crippen molar-refractivity contribution in [3.63, 3.8) is 0 Å². The van der Waals surface area contributed by atoms with E-state index in [9.17, 15) is 8.42 Å². The summed E-state index contributed by atoms with van der Waals surface area (Å²) in [7, 11) is -3.49. The SMILES string of the molecule is CCc1ccc2c(c1)NC(C)=NS2(=O)=O. The van der Waals surface area contributed by atoms with E-state index in [1.54, 1.807) is 13.0 Å². The highest BCUT2D eigenvalue weighted by atomic mass is 32.2. The minimum Gasteiger partial charge on any atom is -0.342 e. The van der Waals surface area contributed by atoms with Gasteiger partial charge in [-0.3, -0.25) is 0 Å². The predicted octanol–water partition coefficient (Wildman–Crippen LogP) is 1.78. The lowest BCUT2D eigenvalue weighted by Crippen LogP contribution is -2.18. The highest BCUT2D eigenvalue weighted by Gasteiger charge is 2.22. The lowest BCUT2D eigenvalue weighted by Gasteiger charge is -2.16. The highest BCUT2D eigenvalue weighted by molar-refractivity contribution is 7.90. The van der Waals surface area contributed by atoms with Crippen LogP contribution in [0.5, 0.6) is 0 Å². The van der Waals surface area contributed by atoms with Crippen LogP contribution in [-0.2, 0) is 16.4 Å². The van der Waals surface area contributed by atoms with Crippen LogP contribution in [0.2, 0.25) is 0 Å². The minimum absolute atomic E-state index is 0.255. The molecule has 0 amide bonds. The van der Waals surface area contributed by atoms with Gasteiger partial charge in [0, 0.05) is 0 Å². The maximum atomic E-state index is 11.7. The highest BCUT2D eigenvalue weighted by Crippen LogP contribution is 2.28. The lowest BCUT2D eigenvalue weighted by molar-refractivity contribution is 0.597. The molecule has 0 saturated heterocycles. The average Bonchev–Trinajstić information content (AvgIpc) is 2.15. The van der Waals surface area contributed by atoms with Crippen LogP contribution in [0, 0.1) is 0 Å². The second-order valence-corrected chi connectivity index (χ2v) is 5.03. The number of nitrogens with zero attached hydrogens (tertiary/aromatic N) is 1. The fraction of sp³-hybridized carbons (Fsp3) is 0.300. The fourth-order valence-corrected chi connectivity index (χ4v) is 2.70. The predicted molar refractivity (Wildman–Crippen MR) is 59.7 cm³/mol. The van der Waals surface area contributed by atoms with E-state index in [1.807, 2.05) is 19.1 Å². The number of amidine groups is 1. The van der Waals surface area contributed by atoms with Crippen LogP contribution in [0.15, 0.2) is 27.5 Å². The minimum atomic E-state index is -3.49. The van der Waals surface area contributed by atoms with Gasteiger partial charge in [-0.25, -0.2) is 0 Å². The lowest BCUT2D eigenvalue weighted by atomic mass is 10.1. The summed E-state index contributed by atoms with van der Waals surface area (Å²) in [5.74, 6) is 0.413. The first kappa shape index (κ1) is 10.2. The summed E-state index contributed by atoms with van der Waals surface area (Å²) >= 11 is 0. The van der Waals surface area contributed by atoms with Gasteiger partial charge in [0.15, 0.2) is 0 Å². The summed E-state index contributed by atoms with van der Waals surface area (Å²) in [4.78, 5) is 0.255. The number of benzene rings is 1. The Morgan fingerprint density at radius 3 is 2.80 bits per heavy atom. The number of rotatable bonds is 1. The van der Waals surface area contributed by atoms with Gasteiger partial charge in [-0.1, -0.05) is 13.0 Å². The van der Waals surface area contributed by atoms with Crippen molar-refractivity contribution in [2.45, 2.75) is 25.2 Å². The maximum Gasteiger partial charge on any atom is 0.286 e. The van der Waals surface area contributed by atoms with Crippen LogP contribution in [0.3, 0.4) is 0 Å². The van der Waals surface area contributed by atoms with Gasteiger partial charge in [0.2, 0.25) is 0 Å². The van der Waals surface area contributed by atoms with Crippen LogP contribution in [0.25, 0.3) is 0 Å². The maximum absolute atomic E-state index is 11.7. The molecule has 0 aliphatic carbocycles. The monoisotopic (exact) mass is 224 g/mol. The molecule has 2 rings (SSSR count). The smallest absolute Gasteiger partial charge is 0.286 e. The second kappa shape index (κ2) is 3.34. The first-order valence-corrected chi connectivity index (χ1v) is 6.18. The van der Waals surface area contributed by atoms with E-state index in [0.29, 0.717) is 11.5 Å². The Kier molecular flexibility index (Phi) is 2.26. The van der Waals surface area contributed by atoms with Crippen molar-refractivity contribution in [1.29, 1.82) is 0 Å². The van der Waals surface area contributed by atoms with E-state index < -0.39 is 10.0 Å². The van der Waals surface area contributed by atoms with Crippen molar-refractivity contribution < 1.29 is 8.42 Å². The number of sulfonamides is 1. The van der Waals surface area contributed by atoms with Crippen LogP contribution in [0.1, 0.15) is 19.4 Å². The Morgan fingerprint density at radius 2 is 2.13 bits per heavy atom. The van der Waals surface area contributed by atoms with Crippen molar-refractivity contribution >= 4 is 21.5 Å². The molecule has 0 spiro atoms. The molecule has 0 saturated carbocycles. The largest absolute Gasteiger partial charge is 0.342 e. The molecule has 1 aromatic carbocycles. The number of nitrogens with one attached hydrogen (secondary N) is 1. The molecule has 1 aliphatic rings. The van der Waals surface area contributed by atoms with E-state index in [1.165, 1.54) is 0 Å². The molecule has 0 bridgehead atoms. The zero-order valence-corrected chi connectivity index (χ0v) is 9.43. The van der Waals surface area contributed by atoms with E-state index in [2.05, 4.69) is 9.71 Å². The van der Waals surface area contributed by atoms with E-state index >= 15 is 0 Å². The van der Waals surface area contributed by atoms with Crippen molar-refractivity contribution in [1.82, 2.24) is 0 Å². The van der Waals surface area contributed by atoms with Gasteiger partial charge >= 0.3 is 0 Å². The van der Waals surface area contributed by atoms with Crippen LogP contribution in [0.4, 0.5) is 5.69 Å². The molecule has 1 aromatic rings. The summed E-state index contributed by atoms with van der Waals surface area (Å²) in [6.07, 6.45) is 0.880. The van der Waals surface area contributed by atoms with Gasteiger partial charge < -0.3 is 5.32 Å². The summed E-state index contributed by atoms with van der Waals surface area (Å²) in [6, 6.07) is 5.27. The second-order valence-electron chi connectivity index (χ2n) is 3.46. The third-order valence-corrected chi connectivity index (χ3v) is 3.73. The fourth-order valence-electron chi connectivity index (χ4n) is 1.57. The number of hydrogen-bond donors (Lipinski definition) is 1. The molecule has 0 atom stereocenters. The van der Waals surface area contributed by atoms with E-state index in [4.69, 9.17) is 0 Å². The topological polar surface area (TPSA) is 58.5 Å². The molecule has 15 heavy (non-hydrogen) atoms. The van der Waals surface area contributed by atoms with Crippen molar-refractivity contribution in [3.05, 3.63) is 23.8 Å². The normalized spacial score (nSPS) is 17.6. The zero-order valence-electron chi connectivity index (χ0n) is 8.61. The number of hydrogen-bond acceptors (Lipinski definition) is 3. The number of anilines is 1. The van der Waals surface area contributed by atoms with Crippen LogP contribution >= 0.6 is 0 Å². The molecule has 1 heterocycles. The van der Waals surface area contributed by atoms with Crippen LogP contribution in [-0.4, -0.2) is 14.3 Å². The van der Waals surface area contributed by atoms with Gasteiger partial charge in [-0.2, -0.15) is 8.42 Å². The van der Waals surface area contributed by atoms with Crippen molar-refractivity contribution in [3.8, 4) is 0 Å². The van der Waals surface area contributed by atoms with Crippen LogP contribution < -0.4 is 5.32 Å². The van der Waals surface area contributed by atoms with Gasteiger partial charge in [0.25, 0.3) is 10.0 Å². The summed E-state index contributed by atoms with van der Waals surface area (Å²) < 4.78 is 26.9. The van der Waals surface area contributed by atoms with Gasteiger partial charge in [0.05, 0.1) is 5.69 Å². The number of fused-ring (bicyclic) bond motifs is 1. The van der Waals surface area contributed by atoms with Crippen molar-refractivity contribution in [2.75, 3.05) is 5.32 Å². The van der Waals surface area contributed by atoms with Gasteiger partial charge in [0.1, 0.15) is 10.7 Å². The Labute approximate surface area is 89.1 Å². The zero-order chi connectivity index (χ0) is 11.1.